The predicted octanol–water partition coefficient (Wildman–Crippen LogP) is 4.36. The van der Waals surface area contributed by atoms with Gasteiger partial charge in [-0.25, -0.2) is 0 Å². The van der Waals surface area contributed by atoms with Crippen LogP contribution in [0.1, 0.15) is 22.3 Å². The van der Waals surface area contributed by atoms with Crippen LogP contribution in [0.15, 0.2) is 47.5 Å². The molecule has 0 aliphatic carbocycles. The second-order valence-electron chi connectivity index (χ2n) is 4.45. The zero-order valence-corrected chi connectivity index (χ0v) is 10.6. The van der Waals surface area contributed by atoms with Gasteiger partial charge in [0, 0.05) is 6.21 Å². The molecule has 2 rings (SSSR count). The van der Waals surface area contributed by atoms with E-state index in [0.717, 1.165) is 5.69 Å². The van der Waals surface area contributed by atoms with Crippen molar-refractivity contribution in [1.82, 2.24) is 0 Å². The monoisotopic (exact) mass is 223 g/mol. The van der Waals surface area contributed by atoms with Gasteiger partial charge in [-0.3, -0.25) is 4.99 Å². The topological polar surface area (TPSA) is 12.4 Å². The van der Waals surface area contributed by atoms with Crippen molar-refractivity contribution >= 4 is 11.9 Å². The van der Waals surface area contributed by atoms with Gasteiger partial charge in [0.2, 0.25) is 0 Å². The van der Waals surface area contributed by atoms with E-state index in [-0.39, 0.29) is 0 Å². The highest BCUT2D eigenvalue weighted by Gasteiger charge is 1.95. The first kappa shape index (κ1) is 11.6. The van der Waals surface area contributed by atoms with Gasteiger partial charge < -0.3 is 0 Å². The third kappa shape index (κ3) is 3.04. The fraction of sp³-hybridized carbons (Fsp3) is 0.188. The standard InChI is InChI=1S/C16H17N/c1-12-5-8-16(9-6-12)17-11-15-7-4-13(2)10-14(15)3/h4-11H,1-3H3. The van der Waals surface area contributed by atoms with Crippen LogP contribution in [0, 0.1) is 20.8 Å². The van der Waals surface area contributed by atoms with E-state index < -0.39 is 0 Å². The van der Waals surface area contributed by atoms with Crippen LogP contribution < -0.4 is 0 Å². The number of hydrogen-bond donors (Lipinski definition) is 0. The molecule has 0 radical (unpaired) electrons. The maximum absolute atomic E-state index is 4.48. The second-order valence-corrected chi connectivity index (χ2v) is 4.45. The van der Waals surface area contributed by atoms with Crippen LogP contribution in [0.25, 0.3) is 0 Å². The van der Waals surface area contributed by atoms with Crippen LogP contribution in [0.2, 0.25) is 0 Å². The maximum Gasteiger partial charge on any atom is 0.0630 e. The molecule has 0 aromatic heterocycles. The number of hydrogen-bond acceptors (Lipinski definition) is 1. The Hall–Kier alpha value is -1.89. The van der Waals surface area contributed by atoms with Crippen LogP contribution in [0.5, 0.6) is 0 Å². The molecule has 1 nitrogen and oxygen atoms in total. The van der Waals surface area contributed by atoms with Gasteiger partial charge in [0.25, 0.3) is 0 Å². The third-order valence-electron chi connectivity index (χ3n) is 2.81. The fourth-order valence-electron chi connectivity index (χ4n) is 1.75. The Balaban J connectivity index is 2.23. The molecule has 0 heterocycles. The van der Waals surface area contributed by atoms with Gasteiger partial charge in [-0.1, -0.05) is 41.5 Å². The molecule has 0 aliphatic rings. The van der Waals surface area contributed by atoms with E-state index in [0.29, 0.717) is 0 Å². The summed E-state index contributed by atoms with van der Waals surface area (Å²) in [6.45, 7) is 6.30. The summed E-state index contributed by atoms with van der Waals surface area (Å²) >= 11 is 0. The highest BCUT2D eigenvalue weighted by molar-refractivity contribution is 5.83. The average Bonchev–Trinajstić information content (AvgIpc) is 2.30. The summed E-state index contributed by atoms with van der Waals surface area (Å²) in [6.07, 6.45) is 1.93. The lowest BCUT2D eigenvalue weighted by atomic mass is 10.1. The molecule has 0 N–H and O–H groups in total. The average molecular weight is 223 g/mol. The molecule has 2 aromatic carbocycles. The van der Waals surface area contributed by atoms with Gasteiger partial charge in [-0.05, 0) is 44.0 Å². The molecule has 0 spiro atoms. The number of rotatable bonds is 2. The van der Waals surface area contributed by atoms with Crippen LogP contribution in [0.4, 0.5) is 5.69 Å². The highest BCUT2D eigenvalue weighted by Crippen LogP contribution is 2.14. The van der Waals surface area contributed by atoms with Crippen LogP contribution in [-0.4, -0.2) is 6.21 Å². The van der Waals surface area contributed by atoms with E-state index >= 15 is 0 Å². The molecule has 0 fully saturated rings. The van der Waals surface area contributed by atoms with Gasteiger partial charge in [-0.15, -0.1) is 0 Å². The van der Waals surface area contributed by atoms with Crippen molar-refractivity contribution in [2.75, 3.05) is 0 Å². The Bertz CT molecular complexity index is 536. The summed E-state index contributed by atoms with van der Waals surface area (Å²) in [5.74, 6) is 0. The normalized spacial score (nSPS) is 11.0. The molecule has 0 aliphatic heterocycles. The molecule has 0 saturated carbocycles. The number of aliphatic imine (C=N–C) groups is 1. The minimum absolute atomic E-state index is 0.996. The number of benzene rings is 2. The van der Waals surface area contributed by atoms with E-state index in [4.69, 9.17) is 0 Å². The first-order valence-corrected chi connectivity index (χ1v) is 5.83. The van der Waals surface area contributed by atoms with Crippen molar-refractivity contribution in [3.63, 3.8) is 0 Å². The SMILES string of the molecule is Cc1ccc(N=Cc2ccc(C)cc2C)cc1. The molecule has 2 aromatic rings. The van der Waals surface area contributed by atoms with E-state index in [9.17, 15) is 0 Å². The van der Waals surface area contributed by atoms with Crippen molar-refractivity contribution in [2.24, 2.45) is 4.99 Å². The van der Waals surface area contributed by atoms with Crippen LogP contribution in [-0.2, 0) is 0 Å². The van der Waals surface area contributed by atoms with Crippen molar-refractivity contribution in [2.45, 2.75) is 20.8 Å². The van der Waals surface area contributed by atoms with E-state index in [1.165, 1.54) is 22.3 Å². The largest absolute Gasteiger partial charge is 0.256 e. The van der Waals surface area contributed by atoms with Crippen molar-refractivity contribution in [3.8, 4) is 0 Å². The minimum atomic E-state index is 0.996. The summed E-state index contributed by atoms with van der Waals surface area (Å²) < 4.78 is 0. The Labute approximate surface area is 103 Å². The van der Waals surface area contributed by atoms with Crippen molar-refractivity contribution in [3.05, 3.63) is 64.7 Å². The molecular weight excluding hydrogens is 206 g/mol. The van der Waals surface area contributed by atoms with E-state index in [2.05, 4.69) is 56.1 Å². The van der Waals surface area contributed by atoms with Gasteiger partial charge in [-0.2, -0.15) is 0 Å². The van der Waals surface area contributed by atoms with Crippen molar-refractivity contribution < 1.29 is 0 Å². The lowest BCUT2D eigenvalue weighted by Gasteiger charge is -2.01. The zero-order chi connectivity index (χ0) is 12.3. The van der Waals surface area contributed by atoms with Crippen molar-refractivity contribution in [1.29, 1.82) is 0 Å². The Morgan fingerprint density at radius 2 is 1.47 bits per heavy atom. The number of aryl methyl sites for hydroxylation is 3. The summed E-state index contributed by atoms with van der Waals surface area (Å²) in [7, 11) is 0. The lowest BCUT2D eigenvalue weighted by Crippen LogP contribution is -1.87. The first-order valence-electron chi connectivity index (χ1n) is 5.83. The second kappa shape index (κ2) is 4.96. The van der Waals surface area contributed by atoms with Gasteiger partial charge in [0.15, 0.2) is 0 Å². The first-order chi connectivity index (χ1) is 8.15. The van der Waals surface area contributed by atoms with Gasteiger partial charge in [0.05, 0.1) is 5.69 Å². The molecular formula is C16H17N. The Kier molecular flexibility index (Phi) is 3.38. The summed E-state index contributed by atoms with van der Waals surface area (Å²) in [4.78, 5) is 4.48. The predicted molar refractivity (Wildman–Crippen MR) is 74.3 cm³/mol. The third-order valence-corrected chi connectivity index (χ3v) is 2.81. The van der Waals surface area contributed by atoms with Gasteiger partial charge >= 0.3 is 0 Å². The summed E-state index contributed by atoms with van der Waals surface area (Å²) in [5, 5.41) is 0. The van der Waals surface area contributed by atoms with Crippen LogP contribution in [0.3, 0.4) is 0 Å². The molecule has 0 saturated heterocycles. The van der Waals surface area contributed by atoms with Gasteiger partial charge in [0.1, 0.15) is 0 Å². The molecule has 0 bridgehead atoms. The minimum Gasteiger partial charge on any atom is -0.256 e. The summed E-state index contributed by atoms with van der Waals surface area (Å²) in [5.41, 5.74) is 5.98. The molecule has 17 heavy (non-hydrogen) atoms. The molecule has 86 valence electrons. The van der Waals surface area contributed by atoms with Crippen LogP contribution >= 0.6 is 0 Å². The quantitative estimate of drug-likeness (QED) is 0.671. The molecule has 0 unspecified atom stereocenters. The number of nitrogens with zero attached hydrogens (tertiary/aromatic N) is 1. The summed E-state index contributed by atoms with van der Waals surface area (Å²) in [6, 6.07) is 14.6. The Morgan fingerprint density at radius 3 is 2.12 bits per heavy atom. The fourth-order valence-corrected chi connectivity index (χ4v) is 1.75. The van der Waals surface area contributed by atoms with E-state index in [1.807, 2.05) is 18.3 Å². The van der Waals surface area contributed by atoms with E-state index in [1.54, 1.807) is 0 Å². The zero-order valence-electron chi connectivity index (χ0n) is 10.6. The molecule has 1 heteroatoms. The molecule has 0 atom stereocenters. The Morgan fingerprint density at radius 1 is 0.824 bits per heavy atom. The smallest absolute Gasteiger partial charge is 0.0630 e. The highest BCUT2D eigenvalue weighted by atomic mass is 14.7. The molecule has 0 amide bonds. The maximum atomic E-state index is 4.48. The lowest BCUT2D eigenvalue weighted by molar-refractivity contribution is 1.37.